The summed E-state index contributed by atoms with van der Waals surface area (Å²) in [5.41, 5.74) is 2.98. The number of nitrogens with zero attached hydrogens (tertiary/aromatic N) is 3. The average Bonchev–Trinajstić information content (AvgIpc) is 3.03. The van der Waals surface area contributed by atoms with E-state index in [0.717, 1.165) is 35.8 Å². The molecule has 1 amide bonds. The second kappa shape index (κ2) is 9.94. The van der Waals surface area contributed by atoms with Crippen molar-refractivity contribution in [2.45, 2.75) is 40.2 Å². The number of hydrogen-bond acceptors (Lipinski definition) is 4. The highest BCUT2D eigenvalue weighted by Gasteiger charge is 2.24. The summed E-state index contributed by atoms with van der Waals surface area (Å²) in [6.45, 7) is 11.9. The number of carbonyl (C=O) groups excluding carboxylic acids is 2. The number of aromatic nitrogens is 1. The number of hydrogen-bond donors (Lipinski definition) is 0. The molecule has 0 radical (unpaired) electrons. The zero-order valence-corrected chi connectivity index (χ0v) is 18.6. The van der Waals surface area contributed by atoms with Gasteiger partial charge >= 0.3 is 0 Å². The molecule has 0 bridgehead atoms. The largest absolute Gasteiger partial charge is 0.493 e. The lowest BCUT2D eigenvalue weighted by Gasteiger charge is -2.34. The molecule has 30 heavy (non-hydrogen) atoms. The molecule has 6 nitrogen and oxygen atoms in total. The second-order valence-electron chi connectivity index (χ2n) is 8.24. The molecule has 1 saturated heterocycles. The minimum absolute atomic E-state index is 0.109. The number of para-hydroxylation sites is 1. The first-order chi connectivity index (χ1) is 14.4. The Labute approximate surface area is 179 Å². The molecular formula is C24H33N3O3. The van der Waals surface area contributed by atoms with Crippen LogP contribution in [0.3, 0.4) is 0 Å². The van der Waals surface area contributed by atoms with E-state index >= 15 is 0 Å². The van der Waals surface area contributed by atoms with E-state index < -0.39 is 0 Å². The fourth-order valence-electron chi connectivity index (χ4n) is 4.23. The van der Waals surface area contributed by atoms with Gasteiger partial charge in [-0.2, -0.15) is 0 Å². The topological polar surface area (TPSA) is 54.8 Å². The highest BCUT2D eigenvalue weighted by atomic mass is 16.5. The summed E-state index contributed by atoms with van der Waals surface area (Å²) >= 11 is 0. The first-order valence-electron chi connectivity index (χ1n) is 10.8. The standard InChI is InChI=1S/C24H33N3O3/c1-18(2)27-19(3)16-22(20(27)4)23(28)17-25-11-13-26(14-12-25)24(29)10-15-30-21-8-6-5-7-9-21/h5-9,16,18H,10-15,17H2,1-4H3. The smallest absolute Gasteiger partial charge is 0.226 e. The van der Waals surface area contributed by atoms with Gasteiger partial charge in [-0.05, 0) is 45.9 Å². The van der Waals surface area contributed by atoms with E-state index in [1.165, 1.54) is 0 Å². The number of piperazine rings is 1. The van der Waals surface area contributed by atoms with E-state index in [9.17, 15) is 9.59 Å². The highest BCUT2D eigenvalue weighted by Crippen LogP contribution is 2.21. The van der Waals surface area contributed by atoms with Gasteiger partial charge < -0.3 is 14.2 Å². The molecule has 6 heteroatoms. The number of carbonyl (C=O) groups is 2. The second-order valence-corrected chi connectivity index (χ2v) is 8.24. The van der Waals surface area contributed by atoms with E-state index in [0.29, 0.717) is 38.7 Å². The molecule has 1 fully saturated rings. The molecule has 2 heterocycles. The molecule has 0 saturated carbocycles. The predicted octanol–water partition coefficient (Wildman–Crippen LogP) is 3.48. The number of rotatable bonds is 8. The summed E-state index contributed by atoms with van der Waals surface area (Å²) in [5.74, 6) is 1.05. The summed E-state index contributed by atoms with van der Waals surface area (Å²) in [4.78, 5) is 29.3. The fourth-order valence-corrected chi connectivity index (χ4v) is 4.23. The first kappa shape index (κ1) is 22.1. The molecule has 1 aromatic heterocycles. The van der Waals surface area contributed by atoms with Gasteiger partial charge in [-0.25, -0.2) is 0 Å². The summed E-state index contributed by atoms with van der Waals surface area (Å²) in [7, 11) is 0. The van der Waals surface area contributed by atoms with Crippen LogP contribution in [0.15, 0.2) is 36.4 Å². The van der Waals surface area contributed by atoms with Crippen molar-refractivity contribution in [1.82, 2.24) is 14.4 Å². The van der Waals surface area contributed by atoms with Gasteiger partial charge in [-0.1, -0.05) is 18.2 Å². The lowest BCUT2D eigenvalue weighted by atomic mass is 10.1. The molecule has 1 aliphatic heterocycles. The maximum Gasteiger partial charge on any atom is 0.226 e. The van der Waals surface area contributed by atoms with Gasteiger partial charge in [-0.3, -0.25) is 14.5 Å². The van der Waals surface area contributed by atoms with E-state index in [1.54, 1.807) is 0 Å². The Hall–Kier alpha value is -2.60. The third kappa shape index (κ3) is 5.30. The quantitative estimate of drug-likeness (QED) is 0.624. The van der Waals surface area contributed by atoms with Gasteiger partial charge in [0.2, 0.25) is 5.91 Å². The molecule has 2 aromatic rings. The Kier molecular flexibility index (Phi) is 7.32. The third-order valence-corrected chi connectivity index (χ3v) is 5.72. The number of ether oxygens (including phenoxy) is 1. The van der Waals surface area contributed by atoms with E-state index in [-0.39, 0.29) is 11.7 Å². The van der Waals surface area contributed by atoms with E-state index in [1.807, 2.05) is 48.2 Å². The Morgan fingerprint density at radius 2 is 1.70 bits per heavy atom. The van der Waals surface area contributed by atoms with Gasteiger partial charge in [0.15, 0.2) is 5.78 Å². The lowest BCUT2D eigenvalue weighted by molar-refractivity contribution is -0.133. The summed E-state index contributed by atoms with van der Waals surface area (Å²) in [6.07, 6.45) is 0.370. The van der Waals surface area contributed by atoms with Crippen LogP contribution in [0.25, 0.3) is 0 Å². The minimum atomic E-state index is 0.109. The summed E-state index contributed by atoms with van der Waals surface area (Å²) < 4.78 is 7.83. The van der Waals surface area contributed by atoms with Crippen LogP contribution in [0.4, 0.5) is 0 Å². The molecular weight excluding hydrogens is 378 g/mol. The molecule has 0 aliphatic carbocycles. The third-order valence-electron chi connectivity index (χ3n) is 5.72. The van der Waals surface area contributed by atoms with Crippen molar-refractivity contribution in [3.05, 3.63) is 53.3 Å². The van der Waals surface area contributed by atoms with Crippen molar-refractivity contribution in [2.24, 2.45) is 0 Å². The number of benzene rings is 1. The Morgan fingerprint density at radius 3 is 2.30 bits per heavy atom. The van der Waals surface area contributed by atoms with Gasteiger partial charge in [0, 0.05) is 49.2 Å². The van der Waals surface area contributed by atoms with E-state index in [4.69, 9.17) is 4.74 Å². The number of Topliss-reactive ketones (excluding diaryl/α,β-unsaturated/α-hetero) is 1. The van der Waals surface area contributed by atoms with Crippen LogP contribution in [0.5, 0.6) is 5.75 Å². The van der Waals surface area contributed by atoms with Crippen molar-refractivity contribution in [3.63, 3.8) is 0 Å². The molecule has 0 N–H and O–H groups in total. The van der Waals surface area contributed by atoms with Crippen molar-refractivity contribution < 1.29 is 14.3 Å². The number of ketones is 1. The van der Waals surface area contributed by atoms with Crippen LogP contribution in [0, 0.1) is 13.8 Å². The highest BCUT2D eigenvalue weighted by molar-refractivity contribution is 5.99. The minimum Gasteiger partial charge on any atom is -0.493 e. The zero-order chi connectivity index (χ0) is 21.7. The van der Waals surface area contributed by atoms with Crippen molar-refractivity contribution in [3.8, 4) is 5.75 Å². The van der Waals surface area contributed by atoms with Crippen LogP contribution in [-0.2, 0) is 4.79 Å². The van der Waals surface area contributed by atoms with Gasteiger partial charge in [0.05, 0.1) is 19.6 Å². The van der Waals surface area contributed by atoms with Gasteiger partial charge in [-0.15, -0.1) is 0 Å². The monoisotopic (exact) mass is 411 g/mol. The fraction of sp³-hybridized carbons (Fsp3) is 0.500. The molecule has 0 unspecified atom stereocenters. The molecule has 1 aliphatic rings. The van der Waals surface area contributed by atoms with Gasteiger partial charge in [0.1, 0.15) is 5.75 Å². The Bertz CT molecular complexity index is 865. The van der Waals surface area contributed by atoms with Crippen LogP contribution < -0.4 is 4.74 Å². The molecule has 1 aromatic carbocycles. The SMILES string of the molecule is Cc1cc(C(=O)CN2CCN(C(=O)CCOc3ccccc3)CC2)c(C)n1C(C)C. The van der Waals surface area contributed by atoms with Crippen molar-refractivity contribution in [2.75, 3.05) is 39.3 Å². The van der Waals surface area contributed by atoms with E-state index in [2.05, 4.69) is 30.2 Å². The van der Waals surface area contributed by atoms with Crippen LogP contribution in [0.2, 0.25) is 0 Å². The number of amides is 1. The summed E-state index contributed by atoms with van der Waals surface area (Å²) in [6, 6.07) is 11.9. The summed E-state index contributed by atoms with van der Waals surface area (Å²) in [5, 5.41) is 0. The normalized spacial score (nSPS) is 14.9. The Balaban J connectivity index is 1.44. The van der Waals surface area contributed by atoms with Crippen molar-refractivity contribution in [1.29, 1.82) is 0 Å². The number of aryl methyl sites for hydroxylation is 1. The zero-order valence-electron chi connectivity index (χ0n) is 18.6. The van der Waals surface area contributed by atoms with Crippen LogP contribution >= 0.6 is 0 Å². The maximum atomic E-state index is 12.9. The lowest BCUT2D eigenvalue weighted by Crippen LogP contribution is -2.50. The van der Waals surface area contributed by atoms with Crippen LogP contribution in [0.1, 0.15) is 48.1 Å². The molecule has 162 valence electrons. The van der Waals surface area contributed by atoms with Gasteiger partial charge in [0.25, 0.3) is 0 Å². The average molecular weight is 412 g/mol. The Morgan fingerprint density at radius 1 is 1.03 bits per heavy atom. The molecule has 0 spiro atoms. The molecule has 0 atom stereocenters. The predicted molar refractivity (Wildman–Crippen MR) is 118 cm³/mol. The van der Waals surface area contributed by atoms with Crippen molar-refractivity contribution >= 4 is 11.7 Å². The van der Waals surface area contributed by atoms with Crippen LogP contribution in [-0.4, -0.2) is 65.4 Å². The maximum absolute atomic E-state index is 12.9. The molecule has 3 rings (SSSR count). The first-order valence-corrected chi connectivity index (χ1v) is 10.8.